The summed E-state index contributed by atoms with van der Waals surface area (Å²) in [7, 11) is -3.44. The normalized spacial score (nSPS) is 12.4. The summed E-state index contributed by atoms with van der Waals surface area (Å²) in [5.41, 5.74) is 0.745. The van der Waals surface area contributed by atoms with Gasteiger partial charge in [0.05, 0.1) is 0 Å². The van der Waals surface area contributed by atoms with Crippen LogP contribution in [0.4, 0.5) is 0 Å². The van der Waals surface area contributed by atoms with Crippen LogP contribution in [0, 0.1) is 0 Å². The number of hydrogen-bond acceptors (Lipinski definition) is 2. The molecule has 2 aromatic carbocycles. The van der Waals surface area contributed by atoms with Gasteiger partial charge >= 0.3 is 120 Å². The first-order valence-electron chi connectivity index (χ1n) is 5.75. The molecule has 2 rings (SSSR count). The summed E-state index contributed by atoms with van der Waals surface area (Å²) in [5, 5.41) is 0. The molecule has 0 atom stereocenters. The molecule has 0 aliphatic rings. The van der Waals surface area contributed by atoms with Gasteiger partial charge in [-0.25, -0.2) is 0 Å². The zero-order chi connectivity index (χ0) is 13.7. The second-order valence-corrected chi connectivity index (χ2v) is 7.30. The van der Waals surface area contributed by atoms with Gasteiger partial charge in [0, 0.05) is 0 Å². The quantitative estimate of drug-likeness (QED) is 0.803. The van der Waals surface area contributed by atoms with Gasteiger partial charge in [-0.15, -0.1) is 0 Å². The Morgan fingerprint density at radius 1 is 0.947 bits per heavy atom. The third-order valence-corrected chi connectivity index (χ3v) is 5.78. The van der Waals surface area contributed by atoms with Gasteiger partial charge in [-0.05, 0) is 0 Å². The predicted molar refractivity (Wildman–Crippen MR) is 79.7 cm³/mol. The molecule has 0 radical (unpaired) electrons. The molecule has 0 fully saturated rings. The van der Waals surface area contributed by atoms with Gasteiger partial charge in [-0.3, -0.25) is 0 Å². The average Bonchev–Trinajstić information content (AvgIpc) is 2.46. The van der Waals surface area contributed by atoms with E-state index in [1.165, 1.54) is 0 Å². The van der Waals surface area contributed by atoms with E-state index in [9.17, 15) is 8.42 Å². The maximum atomic E-state index is 12.7. The number of benzene rings is 2. The van der Waals surface area contributed by atoms with Crippen LogP contribution in [-0.2, 0) is 9.84 Å². The van der Waals surface area contributed by atoms with E-state index in [4.69, 9.17) is 0 Å². The van der Waals surface area contributed by atoms with Crippen molar-refractivity contribution in [3.05, 3.63) is 71.2 Å². The monoisotopic (exact) mass is 338 g/mol. The Kier molecular flexibility index (Phi) is 4.59. The Hall–Kier alpha value is -1.35. The van der Waals surface area contributed by atoms with Crippen LogP contribution in [0.1, 0.15) is 5.56 Å². The van der Waals surface area contributed by atoms with Crippen molar-refractivity contribution in [1.29, 1.82) is 0 Å². The topological polar surface area (TPSA) is 34.1 Å². The molecular weight excluding hydrogens is 323 g/mol. The number of hydrogen-bond donors (Lipinski definition) is 0. The van der Waals surface area contributed by atoms with Gasteiger partial charge < -0.3 is 0 Å². The van der Waals surface area contributed by atoms with Gasteiger partial charge in [-0.2, -0.15) is 0 Å². The summed E-state index contributed by atoms with van der Waals surface area (Å²) < 4.78 is 25.3. The molecule has 0 spiro atoms. The van der Waals surface area contributed by atoms with Gasteiger partial charge in [0.2, 0.25) is 0 Å². The molecule has 0 saturated carbocycles. The molecule has 0 N–H and O–H groups in total. The first kappa shape index (κ1) is 14.1. The van der Waals surface area contributed by atoms with Crippen LogP contribution < -0.4 is 0 Å². The van der Waals surface area contributed by atoms with Crippen LogP contribution >= 0.6 is 0 Å². The van der Waals surface area contributed by atoms with E-state index in [0.717, 1.165) is 5.56 Å². The van der Waals surface area contributed by atoms with E-state index in [0.29, 0.717) is 9.80 Å². The Labute approximate surface area is 120 Å². The van der Waals surface area contributed by atoms with Crippen molar-refractivity contribution in [1.82, 2.24) is 0 Å². The fourth-order valence-corrected chi connectivity index (χ4v) is 5.10. The fraction of sp³-hybridized carbons (Fsp3) is 0.0667. The summed E-state index contributed by atoms with van der Waals surface area (Å²) in [6.45, 7) is 0. The molecular formula is C15H14O2SSe. The Bertz CT molecular complexity index is 662. The molecule has 0 aliphatic heterocycles. The third kappa shape index (κ3) is 3.16. The van der Waals surface area contributed by atoms with Gasteiger partial charge in [-0.1, -0.05) is 0 Å². The summed E-state index contributed by atoms with van der Waals surface area (Å²) in [6, 6.07) is 17.8. The second-order valence-electron chi connectivity index (χ2n) is 3.90. The Morgan fingerprint density at radius 3 is 2.00 bits per heavy atom. The molecule has 0 amide bonds. The Balaban J connectivity index is 2.56. The molecule has 0 aliphatic carbocycles. The van der Waals surface area contributed by atoms with E-state index in [-0.39, 0.29) is 15.0 Å². The molecule has 0 bridgehead atoms. The SMILES string of the molecule is C[Se]/C=C(/c1ccccc1)S(=O)(=O)c1ccccc1. The first-order chi connectivity index (χ1) is 9.16. The standard InChI is InChI=1S/C15H14O2SSe/c1-19-12-15(13-8-4-2-5-9-13)18(16,17)14-10-6-3-7-11-14/h2-12H,1H3/b15-12-. The molecule has 4 heteroatoms. The molecule has 98 valence electrons. The molecule has 0 aromatic heterocycles. The van der Waals surface area contributed by atoms with Gasteiger partial charge in [0.15, 0.2) is 0 Å². The van der Waals surface area contributed by atoms with Crippen LogP contribution in [0.2, 0.25) is 5.82 Å². The molecule has 2 aromatic rings. The molecule has 19 heavy (non-hydrogen) atoms. The van der Waals surface area contributed by atoms with Crippen molar-refractivity contribution in [3.63, 3.8) is 0 Å². The second kappa shape index (κ2) is 6.20. The van der Waals surface area contributed by atoms with Crippen LogP contribution in [0.3, 0.4) is 0 Å². The fourth-order valence-electron chi connectivity index (χ4n) is 1.72. The summed E-state index contributed by atoms with van der Waals surface area (Å²) in [5.74, 6) is 2.00. The van der Waals surface area contributed by atoms with Crippen LogP contribution in [0.15, 0.2) is 70.5 Å². The third-order valence-electron chi connectivity index (χ3n) is 2.63. The summed E-state index contributed by atoms with van der Waals surface area (Å²) in [4.78, 5) is 2.57. The van der Waals surface area contributed by atoms with Crippen molar-refractivity contribution in [2.45, 2.75) is 10.7 Å². The van der Waals surface area contributed by atoms with Crippen molar-refractivity contribution >= 4 is 29.7 Å². The molecule has 2 nitrogen and oxygen atoms in total. The number of sulfone groups is 1. The predicted octanol–water partition coefficient (Wildman–Crippen LogP) is 3.21. The van der Waals surface area contributed by atoms with E-state index >= 15 is 0 Å². The zero-order valence-electron chi connectivity index (χ0n) is 10.5. The van der Waals surface area contributed by atoms with E-state index in [1.54, 1.807) is 24.3 Å². The van der Waals surface area contributed by atoms with Crippen molar-refractivity contribution in [2.24, 2.45) is 0 Å². The molecule has 0 saturated heterocycles. The summed E-state index contributed by atoms with van der Waals surface area (Å²) >= 11 is 0.146. The van der Waals surface area contributed by atoms with Crippen molar-refractivity contribution < 1.29 is 8.42 Å². The van der Waals surface area contributed by atoms with Crippen LogP contribution in [-0.4, -0.2) is 23.4 Å². The Morgan fingerprint density at radius 2 is 1.47 bits per heavy atom. The average molecular weight is 337 g/mol. The number of rotatable bonds is 4. The van der Waals surface area contributed by atoms with Crippen LogP contribution in [0.25, 0.3) is 4.91 Å². The molecule has 0 heterocycles. The van der Waals surface area contributed by atoms with E-state index in [1.807, 2.05) is 47.2 Å². The van der Waals surface area contributed by atoms with Crippen molar-refractivity contribution in [2.75, 3.05) is 0 Å². The van der Waals surface area contributed by atoms with Gasteiger partial charge in [0.1, 0.15) is 0 Å². The zero-order valence-corrected chi connectivity index (χ0v) is 13.0. The van der Waals surface area contributed by atoms with Gasteiger partial charge in [0.25, 0.3) is 0 Å². The minimum atomic E-state index is -3.44. The summed E-state index contributed by atoms with van der Waals surface area (Å²) in [6.07, 6.45) is 0. The van der Waals surface area contributed by atoms with E-state index in [2.05, 4.69) is 0 Å². The first-order valence-corrected chi connectivity index (χ1v) is 9.93. The van der Waals surface area contributed by atoms with E-state index < -0.39 is 9.84 Å². The maximum absolute atomic E-state index is 12.7. The molecule has 0 unspecified atom stereocenters. The minimum absolute atomic E-state index is 0.146. The van der Waals surface area contributed by atoms with Crippen molar-refractivity contribution in [3.8, 4) is 0 Å². The van der Waals surface area contributed by atoms with Crippen LogP contribution in [0.5, 0.6) is 0 Å².